The second-order valence-electron chi connectivity index (χ2n) is 4.45. The van der Waals surface area contributed by atoms with Gasteiger partial charge in [-0.15, -0.1) is 0 Å². The molecule has 0 saturated heterocycles. The van der Waals surface area contributed by atoms with Gasteiger partial charge in [-0.25, -0.2) is 13.1 Å². The van der Waals surface area contributed by atoms with Crippen molar-refractivity contribution in [3.8, 4) is 0 Å². The first-order chi connectivity index (χ1) is 8.04. The van der Waals surface area contributed by atoms with E-state index in [4.69, 9.17) is 0 Å². The van der Waals surface area contributed by atoms with Crippen molar-refractivity contribution in [2.24, 2.45) is 11.8 Å². The molecule has 0 amide bonds. The van der Waals surface area contributed by atoms with Gasteiger partial charge in [-0.1, -0.05) is 6.92 Å². The summed E-state index contributed by atoms with van der Waals surface area (Å²) in [5.74, 6) is 1.12. The fourth-order valence-electron chi connectivity index (χ4n) is 1.78. The fraction of sp³-hybridized carbons (Fsp3) is 0.545. The summed E-state index contributed by atoms with van der Waals surface area (Å²) < 4.78 is 26.8. The number of sulfonamides is 1. The molecule has 0 radical (unpaired) electrons. The molecule has 1 aromatic rings. The van der Waals surface area contributed by atoms with Crippen LogP contribution in [0.3, 0.4) is 0 Å². The van der Waals surface area contributed by atoms with Crippen molar-refractivity contribution in [1.82, 2.24) is 9.71 Å². The molecule has 2 atom stereocenters. The molecule has 1 aliphatic rings. The molecule has 0 aromatic carbocycles. The lowest BCUT2D eigenvalue weighted by Gasteiger charge is -2.10. The number of pyridine rings is 1. The van der Waals surface area contributed by atoms with Crippen LogP contribution in [-0.4, -0.2) is 27.0 Å². The minimum atomic E-state index is -3.46. The summed E-state index contributed by atoms with van der Waals surface area (Å²) in [6.45, 7) is 2.64. The summed E-state index contributed by atoms with van der Waals surface area (Å²) in [5, 5.41) is 2.85. The highest BCUT2D eigenvalue weighted by molar-refractivity contribution is 7.89. The lowest BCUT2D eigenvalue weighted by atomic mass is 10.3. The van der Waals surface area contributed by atoms with Crippen molar-refractivity contribution in [2.45, 2.75) is 18.2 Å². The molecule has 0 aliphatic heterocycles. The Labute approximate surface area is 102 Å². The molecule has 6 heteroatoms. The van der Waals surface area contributed by atoms with Crippen LogP contribution in [0.2, 0.25) is 0 Å². The second-order valence-corrected chi connectivity index (χ2v) is 6.18. The van der Waals surface area contributed by atoms with Gasteiger partial charge in [-0.3, -0.25) is 4.98 Å². The average Bonchev–Trinajstić information content (AvgIpc) is 3.03. The molecule has 1 fully saturated rings. The van der Waals surface area contributed by atoms with Crippen LogP contribution in [0.1, 0.15) is 13.3 Å². The van der Waals surface area contributed by atoms with E-state index in [1.165, 1.54) is 6.20 Å². The Hall–Kier alpha value is -1.14. The van der Waals surface area contributed by atoms with E-state index in [2.05, 4.69) is 21.9 Å². The zero-order chi connectivity index (χ0) is 12.5. The largest absolute Gasteiger partial charge is 0.387 e. The third-order valence-electron chi connectivity index (χ3n) is 3.16. The maximum atomic E-state index is 12.1. The van der Waals surface area contributed by atoms with Crippen LogP contribution in [0.25, 0.3) is 0 Å². The molecule has 17 heavy (non-hydrogen) atoms. The highest BCUT2D eigenvalue weighted by Crippen LogP contribution is 2.37. The summed E-state index contributed by atoms with van der Waals surface area (Å²) in [7, 11) is -1.76. The third kappa shape index (κ3) is 2.76. The van der Waals surface area contributed by atoms with Crippen LogP contribution in [-0.2, 0) is 10.0 Å². The Balaban J connectivity index is 2.13. The van der Waals surface area contributed by atoms with Gasteiger partial charge in [0.15, 0.2) is 0 Å². The van der Waals surface area contributed by atoms with E-state index < -0.39 is 10.0 Å². The van der Waals surface area contributed by atoms with Gasteiger partial charge in [-0.05, 0) is 24.3 Å². The molecule has 1 heterocycles. The van der Waals surface area contributed by atoms with Crippen LogP contribution in [0, 0.1) is 11.8 Å². The van der Waals surface area contributed by atoms with Crippen LogP contribution < -0.4 is 10.0 Å². The molecule has 0 spiro atoms. The summed E-state index contributed by atoms with van der Waals surface area (Å²) in [5.41, 5.74) is 0.566. The molecular weight excluding hydrogens is 238 g/mol. The standard InChI is InChI=1S/C11H17N3O2S/c1-8-5-9(8)6-14-17(15,16)11-7-13-4-3-10(11)12-2/h3-4,7-9,14H,5-6H2,1-2H3,(H,12,13). The zero-order valence-corrected chi connectivity index (χ0v) is 10.8. The van der Waals surface area contributed by atoms with Gasteiger partial charge >= 0.3 is 0 Å². The lowest BCUT2D eigenvalue weighted by Crippen LogP contribution is -2.27. The monoisotopic (exact) mass is 255 g/mol. The molecule has 0 bridgehead atoms. The van der Waals surface area contributed by atoms with E-state index in [0.717, 1.165) is 6.42 Å². The summed E-state index contributed by atoms with van der Waals surface area (Å²) in [6, 6.07) is 1.65. The molecule has 1 saturated carbocycles. The van der Waals surface area contributed by atoms with Crippen LogP contribution in [0.15, 0.2) is 23.4 Å². The predicted octanol–water partition coefficient (Wildman–Crippen LogP) is 1.06. The third-order valence-corrected chi connectivity index (χ3v) is 4.61. The number of aromatic nitrogens is 1. The molecule has 2 rings (SSSR count). The molecule has 1 aliphatic carbocycles. The topological polar surface area (TPSA) is 71.1 Å². The van der Waals surface area contributed by atoms with E-state index in [9.17, 15) is 8.42 Å². The van der Waals surface area contributed by atoms with E-state index in [-0.39, 0.29) is 4.90 Å². The number of rotatable bonds is 5. The Morgan fingerprint density at radius 3 is 2.82 bits per heavy atom. The first kappa shape index (κ1) is 12.3. The SMILES string of the molecule is CNc1ccncc1S(=O)(=O)NCC1CC1C. The summed E-state index contributed by atoms with van der Waals surface area (Å²) >= 11 is 0. The molecule has 5 nitrogen and oxygen atoms in total. The molecule has 1 aromatic heterocycles. The Bertz CT molecular complexity index is 501. The highest BCUT2D eigenvalue weighted by Gasteiger charge is 2.33. The van der Waals surface area contributed by atoms with E-state index in [1.807, 2.05) is 0 Å². The zero-order valence-electron chi connectivity index (χ0n) is 9.97. The van der Waals surface area contributed by atoms with Gasteiger partial charge in [0.25, 0.3) is 0 Å². The number of nitrogens with one attached hydrogen (secondary N) is 2. The van der Waals surface area contributed by atoms with Crippen molar-refractivity contribution in [3.05, 3.63) is 18.5 Å². The van der Waals surface area contributed by atoms with Gasteiger partial charge in [-0.2, -0.15) is 0 Å². The van der Waals surface area contributed by atoms with Crippen molar-refractivity contribution in [1.29, 1.82) is 0 Å². The van der Waals surface area contributed by atoms with Gasteiger partial charge in [0.05, 0.1) is 5.69 Å². The number of anilines is 1. The first-order valence-corrected chi connectivity index (χ1v) is 7.14. The maximum Gasteiger partial charge on any atom is 0.244 e. The Morgan fingerprint density at radius 2 is 2.24 bits per heavy atom. The van der Waals surface area contributed by atoms with Crippen LogP contribution >= 0.6 is 0 Å². The number of hydrogen-bond donors (Lipinski definition) is 2. The first-order valence-electron chi connectivity index (χ1n) is 5.66. The van der Waals surface area contributed by atoms with Crippen LogP contribution in [0.4, 0.5) is 5.69 Å². The normalized spacial score (nSPS) is 23.4. The molecule has 2 N–H and O–H groups in total. The van der Waals surface area contributed by atoms with Gasteiger partial charge in [0, 0.05) is 26.0 Å². The van der Waals surface area contributed by atoms with E-state index >= 15 is 0 Å². The van der Waals surface area contributed by atoms with E-state index in [0.29, 0.717) is 24.1 Å². The Kier molecular flexibility index (Phi) is 3.35. The molecular formula is C11H17N3O2S. The van der Waals surface area contributed by atoms with Gasteiger partial charge in [0.2, 0.25) is 10.0 Å². The van der Waals surface area contributed by atoms with Crippen molar-refractivity contribution >= 4 is 15.7 Å². The fourth-order valence-corrected chi connectivity index (χ4v) is 3.03. The number of hydrogen-bond acceptors (Lipinski definition) is 4. The quantitative estimate of drug-likeness (QED) is 0.825. The van der Waals surface area contributed by atoms with Crippen LogP contribution in [0.5, 0.6) is 0 Å². The maximum absolute atomic E-state index is 12.1. The summed E-state index contributed by atoms with van der Waals surface area (Å²) in [6.07, 6.45) is 4.03. The molecule has 2 unspecified atom stereocenters. The predicted molar refractivity (Wildman–Crippen MR) is 66.2 cm³/mol. The van der Waals surface area contributed by atoms with Crippen molar-refractivity contribution < 1.29 is 8.42 Å². The highest BCUT2D eigenvalue weighted by atomic mass is 32.2. The minimum absolute atomic E-state index is 0.204. The average molecular weight is 255 g/mol. The van der Waals surface area contributed by atoms with E-state index in [1.54, 1.807) is 19.3 Å². The number of nitrogens with zero attached hydrogens (tertiary/aromatic N) is 1. The van der Waals surface area contributed by atoms with Gasteiger partial charge in [0.1, 0.15) is 4.90 Å². The summed E-state index contributed by atoms with van der Waals surface area (Å²) in [4.78, 5) is 4.06. The van der Waals surface area contributed by atoms with Gasteiger partial charge < -0.3 is 5.32 Å². The minimum Gasteiger partial charge on any atom is -0.387 e. The lowest BCUT2D eigenvalue weighted by molar-refractivity contribution is 0.574. The van der Waals surface area contributed by atoms with Crippen molar-refractivity contribution in [3.63, 3.8) is 0 Å². The van der Waals surface area contributed by atoms with Crippen molar-refractivity contribution in [2.75, 3.05) is 18.9 Å². The smallest absolute Gasteiger partial charge is 0.244 e. The Morgan fingerprint density at radius 1 is 1.53 bits per heavy atom. The second kappa shape index (κ2) is 4.62. The molecule has 94 valence electrons.